The molecule has 1 fully saturated rings. The van der Waals surface area contributed by atoms with Gasteiger partial charge in [-0.05, 0) is 56.5 Å². The molecule has 3 amide bonds. The van der Waals surface area contributed by atoms with Gasteiger partial charge >= 0.3 is 0 Å². The fourth-order valence-corrected chi connectivity index (χ4v) is 3.76. The molecule has 0 aliphatic carbocycles. The van der Waals surface area contributed by atoms with E-state index >= 15 is 0 Å². The third kappa shape index (κ3) is 5.08. The Bertz CT molecular complexity index is 1070. The molecule has 1 aromatic heterocycles. The van der Waals surface area contributed by atoms with Crippen molar-refractivity contribution in [2.45, 2.75) is 32.7 Å². The number of pyridine rings is 1. The van der Waals surface area contributed by atoms with Crippen molar-refractivity contribution in [2.24, 2.45) is 0 Å². The number of rotatable bonds is 6. The Kier molecular flexibility index (Phi) is 6.82. The van der Waals surface area contributed by atoms with Crippen LogP contribution in [0.1, 0.15) is 34.3 Å². The lowest BCUT2D eigenvalue weighted by atomic mass is 10.1. The summed E-state index contributed by atoms with van der Waals surface area (Å²) in [6.45, 7) is 3.67. The van der Waals surface area contributed by atoms with E-state index in [-0.39, 0.29) is 30.0 Å². The zero-order valence-corrected chi connectivity index (χ0v) is 18.2. The monoisotopic (exact) mass is 439 g/mol. The highest BCUT2D eigenvalue weighted by Gasteiger charge is 2.36. The van der Waals surface area contributed by atoms with Gasteiger partial charge in [-0.1, -0.05) is 0 Å². The van der Waals surface area contributed by atoms with Crippen LogP contribution in [0.2, 0.25) is 0 Å². The predicted octanol–water partition coefficient (Wildman–Crippen LogP) is 2.31. The summed E-state index contributed by atoms with van der Waals surface area (Å²) in [7, 11) is 1.52. The number of carbonyl (C=O) groups excluding carboxylic acids is 3. The van der Waals surface area contributed by atoms with Gasteiger partial charge in [-0.2, -0.15) is 0 Å². The molecule has 1 aromatic carbocycles. The molecule has 0 saturated carbocycles. The Balaban J connectivity index is 1.66. The van der Waals surface area contributed by atoms with E-state index in [1.807, 2.05) is 13.0 Å². The maximum atomic E-state index is 13.0. The number of likely N-dealkylation sites (N-methyl/N-ethyl adjacent to an activating group) is 1. The fraction of sp³-hybridized carbons (Fsp3) is 0.364. The summed E-state index contributed by atoms with van der Waals surface area (Å²) in [5, 5.41) is 13.7. The summed E-state index contributed by atoms with van der Waals surface area (Å²) in [4.78, 5) is 55.7. The Labute approximate surface area is 185 Å². The number of hydrogen-bond acceptors (Lipinski definition) is 6. The van der Waals surface area contributed by atoms with E-state index in [2.05, 4.69) is 10.3 Å². The second kappa shape index (κ2) is 9.54. The Morgan fingerprint density at radius 2 is 2.00 bits per heavy atom. The van der Waals surface area contributed by atoms with Crippen LogP contribution in [0.3, 0.4) is 0 Å². The molecule has 1 N–H and O–H groups in total. The molecule has 1 atom stereocenters. The average molecular weight is 439 g/mol. The standard InChI is InChI=1S/C22H25N5O5/c1-14-8-9-23-19(11-14)24-20(28)13-25(3)22(30)18-5-4-10-26(18)21(29)16-6-7-17(27(31)32)15(2)12-16/h6-9,11-12,18H,4-5,10,13H2,1-3H3,(H,23,24,28). The lowest BCUT2D eigenvalue weighted by molar-refractivity contribution is -0.385. The zero-order valence-electron chi connectivity index (χ0n) is 18.2. The van der Waals surface area contributed by atoms with Crippen LogP contribution in [0.4, 0.5) is 11.5 Å². The number of hydrogen-bond donors (Lipinski definition) is 1. The van der Waals surface area contributed by atoms with Crippen LogP contribution in [-0.2, 0) is 9.59 Å². The minimum atomic E-state index is -0.687. The van der Waals surface area contributed by atoms with E-state index in [9.17, 15) is 24.5 Å². The number of nitro groups is 1. The van der Waals surface area contributed by atoms with Gasteiger partial charge in [0.2, 0.25) is 11.8 Å². The van der Waals surface area contributed by atoms with Gasteiger partial charge in [0.15, 0.2) is 0 Å². The first kappa shape index (κ1) is 22.9. The lowest BCUT2D eigenvalue weighted by Gasteiger charge is -2.28. The molecule has 3 rings (SSSR count). The molecule has 1 aliphatic heterocycles. The number of amides is 3. The quantitative estimate of drug-likeness (QED) is 0.544. The molecule has 32 heavy (non-hydrogen) atoms. The van der Waals surface area contributed by atoms with E-state index in [1.54, 1.807) is 19.2 Å². The molecule has 0 radical (unpaired) electrons. The summed E-state index contributed by atoms with van der Waals surface area (Å²) in [5.41, 5.74) is 1.55. The summed E-state index contributed by atoms with van der Waals surface area (Å²) >= 11 is 0. The van der Waals surface area contributed by atoms with Crippen LogP contribution >= 0.6 is 0 Å². The highest BCUT2D eigenvalue weighted by molar-refractivity contribution is 5.99. The molecular weight excluding hydrogens is 414 g/mol. The van der Waals surface area contributed by atoms with Crippen LogP contribution in [0.15, 0.2) is 36.5 Å². The van der Waals surface area contributed by atoms with Crippen LogP contribution in [0.5, 0.6) is 0 Å². The third-order valence-electron chi connectivity index (χ3n) is 5.38. The van der Waals surface area contributed by atoms with Gasteiger partial charge < -0.3 is 15.1 Å². The third-order valence-corrected chi connectivity index (χ3v) is 5.38. The number of aromatic nitrogens is 1. The average Bonchev–Trinajstić information content (AvgIpc) is 3.21. The molecule has 10 nitrogen and oxygen atoms in total. The first-order valence-electron chi connectivity index (χ1n) is 10.2. The second-order valence-electron chi connectivity index (χ2n) is 7.88. The van der Waals surface area contributed by atoms with Gasteiger partial charge in [0.1, 0.15) is 11.9 Å². The van der Waals surface area contributed by atoms with Crippen molar-refractivity contribution in [3.63, 3.8) is 0 Å². The zero-order chi connectivity index (χ0) is 23.4. The maximum Gasteiger partial charge on any atom is 0.272 e. The SMILES string of the molecule is Cc1ccnc(NC(=O)CN(C)C(=O)C2CCCN2C(=O)c2ccc([N+](=O)[O-])c(C)c2)c1. The number of carbonyl (C=O) groups is 3. The molecule has 1 saturated heterocycles. The molecule has 168 valence electrons. The molecule has 10 heteroatoms. The van der Waals surface area contributed by atoms with Crippen molar-refractivity contribution in [3.8, 4) is 0 Å². The molecule has 2 heterocycles. The van der Waals surface area contributed by atoms with E-state index in [4.69, 9.17) is 0 Å². The molecule has 1 aliphatic rings. The van der Waals surface area contributed by atoms with Gasteiger partial charge in [0.25, 0.3) is 11.6 Å². The van der Waals surface area contributed by atoms with Crippen molar-refractivity contribution < 1.29 is 19.3 Å². The summed E-state index contributed by atoms with van der Waals surface area (Å²) < 4.78 is 0. The van der Waals surface area contributed by atoms with E-state index < -0.39 is 11.0 Å². The van der Waals surface area contributed by atoms with E-state index in [0.29, 0.717) is 36.3 Å². The lowest BCUT2D eigenvalue weighted by Crippen LogP contribution is -2.48. The predicted molar refractivity (Wildman–Crippen MR) is 117 cm³/mol. The maximum absolute atomic E-state index is 13.0. The topological polar surface area (TPSA) is 126 Å². The van der Waals surface area contributed by atoms with Crippen molar-refractivity contribution in [3.05, 3.63) is 63.3 Å². The smallest absolute Gasteiger partial charge is 0.272 e. The number of anilines is 1. The summed E-state index contributed by atoms with van der Waals surface area (Å²) in [6, 6.07) is 7.01. The molecule has 1 unspecified atom stereocenters. The summed E-state index contributed by atoms with van der Waals surface area (Å²) in [6.07, 6.45) is 2.73. The number of aryl methyl sites for hydroxylation is 2. The van der Waals surface area contributed by atoms with Gasteiger partial charge in [-0.15, -0.1) is 0 Å². The summed E-state index contributed by atoms with van der Waals surface area (Å²) in [5.74, 6) is -0.676. The number of likely N-dealkylation sites (tertiary alicyclic amines) is 1. The molecule has 0 bridgehead atoms. The largest absolute Gasteiger partial charge is 0.335 e. The number of benzene rings is 1. The normalized spacial score (nSPS) is 15.3. The second-order valence-corrected chi connectivity index (χ2v) is 7.88. The van der Waals surface area contributed by atoms with E-state index in [1.165, 1.54) is 35.0 Å². The molecule has 0 spiro atoms. The number of nitrogens with one attached hydrogen (secondary N) is 1. The Morgan fingerprint density at radius 3 is 2.66 bits per heavy atom. The van der Waals surface area contributed by atoms with Crippen LogP contribution in [-0.4, -0.2) is 63.6 Å². The minimum Gasteiger partial charge on any atom is -0.335 e. The van der Waals surface area contributed by atoms with Crippen molar-refractivity contribution in [1.82, 2.24) is 14.8 Å². The van der Waals surface area contributed by atoms with Gasteiger partial charge in [-0.3, -0.25) is 24.5 Å². The number of nitrogens with zero attached hydrogens (tertiary/aromatic N) is 4. The Hall–Kier alpha value is -3.82. The fourth-order valence-electron chi connectivity index (χ4n) is 3.76. The van der Waals surface area contributed by atoms with Gasteiger partial charge in [-0.25, -0.2) is 4.98 Å². The van der Waals surface area contributed by atoms with Gasteiger partial charge in [0.05, 0.1) is 11.5 Å². The highest BCUT2D eigenvalue weighted by atomic mass is 16.6. The Morgan fingerprint density at radius 1 is 1.25 bits per heavy atom. The van der Waals surface area contributed by atoms with Crippen molar-refractivity contribution in [1.29, 1.82) is 0 Å². The number of nitro benzene ring substituents is 1. The van der Waals surface area contributed by atoms with E-state index in [0.717, 1.165) is 5.56 Å². The highest BCUT2D eigenvalue weighted by Crippen LogP contribution is 2.24. The van der Waals surface area contributed by atoms with Crippen LogP contribution in [0.25, 0.3) is 0 Å². The van der Waals surface area contributed by atoms with Crippen LogP contribution in [0, 0.1) is 24.0 Å². The first-order valence-corrected chi connectivity index (χ1v) is 10.2. The van der Waals surface area contributed by atoms with Gasteiger partial charge in [0, 0.05) is 37.0 Å². The first-order chi connectivity index (χ1) is 15.2. The minimum absolute atomic E-state index is 0.0653. The van der Waals surface area contributed by atoms with Crippen molar-refractivity contribution in [2.75, 3.05) is 25.5 Å². The molecular formula is C22H25N5O5. The van der Waals surface area contributed by atoms with Crippen molar-refractivity contribution >= 4 is 29.2 Å². The molecule has 2 aromatic rings. The van der Waals surface area contributed by atoms with Crippen LogP contribution < -0.4 is 5.32 Å².